The fourth-order valence-corrected chi connectivity index (χ4v) is 2.82. The van der Waals surface area contributed by atoms with E-state index in [1.54, 1.807) is 24.0 Å². The van der Waals surface area contributed by atoms with Crippen molar-refractivity contribution >= 4 is 11.6 Å². The molecule has 0 N–H and O–H groups in total. The lowest BCUT2D eigenvalue weighted by molar-refractivity contribution is -0.117. The van der Waals surface area contributed by atoms with E-state index in [0.717, 1.165) is 0 Å². The number of hydrogen-bond donors (Lipinski definition) is 0. The Balaban J connectivity index is 1.92. The maximum Gasteiger partial charge on any atom is 0.232 e. The van der Waals surface area contributed by atoms with Crippen molar-refractivity contribution in [3.63, 3.8) is 0 Å². The maximum atomic E-state index is 12.4. The minimum atomic E-state index is -0.127. The van der Waals surface area contributed by atoms with E-state index in [1.165, 1.54) is 21.3 Å². The van der Waals surface area contributed by atoms with E-state index in [-0.39, 0.29) is 11.8 Å². The number of nitrogens with zero attached hydrogens (tertiary/aromatic N) is 3. The van der Waals surface area contributed by atoms with E-state index in [2.05, 4.69) is 10.1 Å². The Morgan fingerprint density at radius 2 is 1.83 bits per heavy atom. The lowest BCUT2D eigenvalue weighted by atomic mass is 10.1. The van der Waals surface area contributed by atoms with Crippen molar-refractivity contribution in [1.29, 1.82) is 0 Å². The van der Waals surface area contributed by atoms with Gasteiger partial charge in [0.05, 0.1) is 32.9 Å². The molecule has 1 aliphatic heterocycles. The highest BCUT2D eigenvalue weighted by molar-refractivity contribution is 5.97. The van der Waals surface area contributed by atoms with Gasteiger partial charge < -0.3 is 23.6 Å². The number of aromatic nitrogens is 2. The molecule has 0 radical (unpaired) electrons. The molecule has 0 spiro atoms. The average molecular weight is 333 g/mol. The lowest BCUT2D eigenvalue weighted by Crippen LogP contribution is -2.24. The monoisotopic (exact) mass is 333 g/mol. The molecule has 2 heterocycles. The molecule has 2 aromatic rings. The van der Waals surface area contributed by atoms with Crippen molar-refractivity contribution in [1.82, 2.24) is 10.1 Å². The van der Waals surface area contributed by atoms with Crippen LogP contribution in [0, 0.1) is 6.92 Å². The molecule has 1 amide bonds. The van der Waals surface area contributed by atoms with Crippen LogP contribution >= 0.6 is 0 Å². The minimum absolute atomic E-state index is 0.0230. The third-order valence-electron chi connectivity index (χ3n) is 3.98. The molecular formula is C16H19N3O5. The molecule has 24 heavy (non-hydrogen) atoms. The van der Waals surface area contributed by atoms with Crippen LogP contribution in [-0.4, -0.2) is 43.9 Å². The van der Waals surface area contributed by atoms with Crippen LogP contribution in [-0.2, 0) is 4.79 Å². The Morgan fingerprint density at radius 3 is 2.33 bits per heavy atom. The molecule has 8 nitrogen and oxygen atoms in total. The van der Waals surface area contributed by atoms with Crippen molar-refractivity contribution in [2.24, 2.45) is 0 Å². The van der Waals surface area contributed by atoms with Gasteiger partial charge in [-0.15, -0.1) is 0 Å². The second-order valence-corrected chi connectivity index (χ2v) is 5.47. The quantitative estimate of drug-likeness (QED) is 0.826. The average Bonchev–Trinajstić information content (AvgIpc) is 3.19. The highest BCUT2D eigenvalue weighted by Gasteiger charge is 2.35. The molecule has 0 aliphatic carbocycles. The molecule has 0 bridgehead atoms. The van der Waals surface area contributed by atoms with Crippen LogP contribution in [0.1, 0.15) is 24.1 Å². The number of benzene rings is 1. The van der Waals surface area contributed by atoms with Gasteiger partial charge in [-0.3, -0.25) is 4.79 Å². The van der Waals surface area contributed by atoms with Crippen molar-refractivity contribution in [2.75, 3.05) is 32.8 Å². The van der Waals surface area contributed by atoms with Gasteiger partial charge in [0, 0.05) is 25.1 Å². The van der Waals surface area contributed by atoms with Crippen LogP contribution in [0.5, 0.6) is 17.2 Å². The topological polar surface area (TPSA) is 86.9 Å². The molecule has 128 valence electrons. The van der Waals surface area contributed by atoms with Gasteiger partial charge in [-0.2, -0.15) is 4.98 Å². The Hall–Kier alpha value is -2.77. The lowest BCUT2D eigenvalue weighted by Gasteiger charge is -2.20. The molecule has 8 heteroatoms. The van der Waals surface area contributed by atoms with Gasteiger partial charge in [-0.25, -0.2) is 0 Å². The van der Waals surface area contributed by atoms with E-state index >= 15 is 0 Å². The summed E-state index contributed by atoms with van der Waals surface area (Å²) < 4.78 is 21.2. The van der Waals surface area contributed by atoms with Crippen LogP contribution in [0.3, 0.4) is 0 Å². The van der Waals surface area contributed by atoms with Crippen LogP contribution in [0.15, 0.2) is 16.7 Å². The summed E-state index contributed by atoms with van der Waals surface area (Å²) in [6, 6.07) is 3.50. The summed E-state index contributed by atoms with van der Waals surface area (Å²) in [5, 5.41) is 3.79. The van der Waals surface area contributed by atoms with Gasteiger partial charge in [-0.1, -0.05) is 5.16 Å². The van der Waals surface area contributed by atoms with Crippen molar-refractivity contribution < 1.29 is 23.5 Å². The van der Waals surface area contributed by atoms with E-state index in [0.29, 0.717) is 47.6 Å². The minimum Gasteiger partial charge on any atom is -0.493 e. The summed E-state index contributed by atoms with van der Waals surface area (Å²) in [7, 11) is 4.61. The fourth-order valence-electron chi connectivity index (χ4n) is 2.82. The number of anilines is 1. The standard InChI is InChI=1S/C16H19N3O5/c1-9-17-16(24-18-9)10-5-14(20)19(8-10)11-6-12(21-2)15(23-4)13(7-11)22-3/h6-7,10H,5,8H2,1-4H3. The van der Waals surface area contributed by atoms with Crippen LogP contribution in [0.2, 0.25) is 0 Å². The zero-order valence-corrected chi connectivity index (χ0v) is 14.0. The predicted octanol–water partition coefficient (Wildman–Crippen LogP) is 1.92. The van der Waals surface area contributed by atoms with E-state index in [4.69, 9.17) is 18.7 Å². The van der Waals surface area contributed by atoms with Crippen LogP contribution < -0.4 is 19.1 Å². The number of carbonyl (C=O) groups excluding carboxylic acids is 1. The van der Waals surface area contributed by atoms with Crippen molar-refractivity contribution in [2.45, 2.75) is 19.3 Å². The SMILES string of the molecule is COc1cc(N2CC(c3nc(C)no3)CC2=O)cc(OC)c1OC. The molecule has 1 aromatic heterocycles. The number of hydrogen-bond acceptors (Lipinski definition) is 7. The first-order valence-corrected chi connectivity index (χ1v) is 7.48. The molecule has 0 saturated carbocycles. The highest BCUT2D eigenvalue weighted by atomic mass is 16.5. The summed E-state index contributed by atoms with van der Waals surface area (Å²) in [6.07, 6.45) is 0.318. The number of rotatable bonds is 5. The second kappa shape index (κ2) is 6.38. The van der Waals surface area contributed by atoms with Gasteiger partial charge in [0.2, 0.25) is 17.5 Å². The molecule has 1 aromatic carbocycles. The second-order valence-electron chi connectivity index (χ2n) is 5.47. The van der Waals surface area contributed by atoms with Gasteiger partial charge in [0.15, 0.2) is 17.3 Å². The molecule has 1 atom stereocenters. The molecule has 1 fully saturated rings. The normalized spacial score (nSPS) is 17.2. The van der Waals surface area contributed by atoms with Crippen molar-refractivity contribution in [3.8, 4) is 17.2 Å². The third kappa shape index (κ3) is 2.75. The number of amides is 1. The number of aryl methyl sites for hydroxylation is 1. The molecule has 1 unspecified atom stereocenters. The zero-order chi connectivity index (χ0) is 17.3. The van der Waals surface area contributed by atoms with Gasteiger partial charge in [0.1, 0.15) is 0 Å². The highest BCUT2D eigenvalue weighted by Crippen LogP contribution is 2.42. The molecular weight excluding hydrogens is 314 g/mol. The first-order valence-electron chi connectivity index (χ1n) is 7.48. The maximum absolute atomic E-state index is 12.4. The number of methoxy groups -OCH3 is 3. The van der Waals surface area contributed by atoms with E-state index in [1.807, 2.05) is 0 Å². The first-order chi connectivity index (χ1) is 11.6. The van der Waals surface area contributed by atoms with Crippen molar-refractivity contribution in [3.05, 3.63) is 23.8 Å². The smallest absolute Gasteiger partial charge is 0.232 e. The van der Waals surface area contributed by atoms with Gasteiger partial charge >= 0.3 is 0 Å². The first kappa shape index (κ1) is 16.1. The Kier molecular flexibility index (Phi) is 4.28. The number of ether oxygens (including phenoxy) is 3. The van der Waals surface area contributed by atoms with Crippen LogP contribution in [0.25, 0.3) is 0 Å². The number of carbonyl (C=O) groups is 1. The molecule has 1 aliphatic rings. The van der Waals surface area contributed by atoms with Gasteiger partial charge in [-0.05, 0) is 6.92 Å². The predicted molar refractivity (Wildman–Crippen MR) is 84.8 cm³/mol. The Bertz CT molecular complexity index is 733. The molecule has 3 rings (SSSR count). The van der Waals surface area contributed by atoms with E-state index < -0.39 is 0 Å². The summed E-state index contributed by atoms with van der Waals surface area (Å²) >= 11 is 0. The zero-order valence-electron chi connectivity index (χ0n) is 14.0. The fraction of sp³-hybridized carbons (Fsp3) is 0.438. The Morgan fingerprint density at radius 1 is 1.17 bits per heavy atom. The largest absolute Gasteiger partial charge is 0.493 e. The van der Waals surface area contributed by atoms with E-state index in [9.17, 15) is 4.79 Å². The Labute approximate surface area is 139 Å². The molecule has 1 saturated heterocycles. The summed E-state index contributed by atoms with van der Waals surface area (Å²) in [6.45, 7) is 2.21. The summed E-state index contributed by atoms with van der Waals surface area (Å²) in [4.78, 5) is 18.3. The van der Waals surface area contributed by atoms with Crippen LogP contribution in [0.4, 0.5) is 5.69 Å². The van der Waals surface area contributed by atoms with Gasteiger partial charge in [0.25, 0.3) is 0 Å². The summed E-state index contributed by atoms with van der Waals surface area (Å²) in [5.74, 6) is 2.37. The summed E-state index contributed by atoms with van der Waals surface area (Å²) in [5.41, 5.74) is 0.674. The third-order valence-corrected chi connectivity index (χ3v) is 3.98.